The Morgan fingerprint density at radius 2 is 1.73 bits per heavy atom. The highest BCUT2D eigenvalue weighted by Crippen LogP contribution is 2.60. The van der Waals surface area contributed by atoms with E-state index in [0.717, 1.165) is 25.3 Å². The Hall–Kier alpha value is -1.74. The molecule has 0 saturated heterocycles. The molecule has 1 aromatic rings. The number of carbonyl (C=O) groups excluding carboxylic acids is 1. The van der Waals surface area contributed by atoms with E-state index in [4.69, 9.17) is 9.47 Å². The zero-order valence-corrected chi connectivity index (χ0v) is 18.0. The van der Waals surface area contributed by atoms with Crippen molar-refractivity contribution in [1.29, 1.82) is 0 Å². The van der Waals surface area contributed by atoms with E-state index in [0.29, 0.717) is 31.1 Å². The van der Waals surface area contributed by atoms with Gasteiger partial charge in [0, 0.05) is 25.0 Å². The summed E-state index contributed by atoms with van der Waals surface area (Å²) in [5, 5.41) is 0. The first kappa shape index (κ1) is 21.5. The van der Waals surface area contributed by atoms with E-state index < -0.39 is 43.8 Å². The van der Waals surface area contributed by atoms with Crippen molar-refractivity contribution in [1.82, 2.24) is 0 Å². The molecule has 0 aliphatic heterocycles. The van der Waals surface area contributed by atoms with Crippen LogP contribution >= 0.6 is 0 Å². The van der Waals surface area contributed by atoms with Gasteiger partial charge in [-0.05, 0) is 49.9 Å². The minimum absolute atomic E-state index is 0.0627. The number of esters is 1. The lowest BCUT2D eigenvalue weighted by Gasteiger charge is -2.60. The van der Waals surface area contributed by atoms with Gasteiger partial charge in [0.25, 0.3) is 10.1 Å². The zero-order valence-electron chi connectivity index (χ0n) is 17.2. The summed E-state index contributed by atoms with van der Waals surface area (Å²) in [6, 6.07) is 0.846. The van der Waals surface area contributed by atoms with Crippen molar-refractivity contribution in [3.63, 3.8) is 0 Å². The van der Waals surface area contributed by atoms with E-state index in [-0.39, 0.29) is 17.3 Å². The molecule has 4 aliphatic carbocycles. The second-order valence-corrected chi connectivity index (χ2v) is 10.9. The Labute approximate surface area is 174 Å². The van der Waals surface area contributed by atoms with Crippen LogP contribution in [0, 0.1) is 23.5 Å². The normalized spacial score (nSPS) is 32.5. The average Bonchev–Trinajstić information content (AvgIpc) is 2.48. The number of halogens is 2. The van der Waals surface area contributed by atoms with Crippen LogP contribution in [0.2, 0.25) is 0 Å². The van der Waals surface area contributed by atoms with E-state index >= 15 is 4.39 Å². The minimum Gasteiger partial charge on any atom is -0.487 e. The fourth-order valence-corrected chi connectivity index (χ4v) is 6.97. The van der Waals surface area contributed by atoms with Gasteiger partial charge in [-0.25, -0.2) is 8.78 Å². The summed E-state index contributed by atoms with van der Waals surface area (Å²) in [4.78, 5) is 10.4. The van der Waals surface area contributed by atoms with E-state index in [2.05, 4.69) is 0 Å². The Morgan fingerprint density at radius 3 is 2.23 bits per heavy atom. The molecular weight excluding hydrogens is 418 g/mol. The third-order valence-electron chi connectivity index (χ3n) is 6.65. The summed E-state index contributed by atoms with van der Waals surface area (Å²) < 4.78 is 73.8. The molecule has 4 bridgehead atoms. The maximum atomic E-state index is 15.0. The van der Waals surface area contributed by atoms with Crippen LogP contribution in [-0.4, -0.2) is 30.1 Å². The van der Waals surface area contributed by atoms with Crippen molar-refractivity contribution in [3.8, 4) is 5.75 Å². The van der Waals surface area contributed by atoms with Crippen LogP contribution in [0.1, 0.15) is 70.8 Å². The lowest BCUT2D eigenvalue weighted by Crippen LogP contribution is -2.62. The molecule has 0 radical (unpaired) electrons. The predicted octanol–water partition coefficient (Wildman–Crippen LogP) is 4.37. The number of ether oxygens (including phenoxy) is 2. The summed E-state index contributed by atoms with van der Waals surface area (Å²) in [7, 11) is -5.08. The van der Waals surface area contributed by atoms with Crippen LogP contribution in [-0.2, 0) is 19.6 Å². The molecule has 1 N–H and O–H groups in total. The molecule has 1 aromatic carbocycles. The van der Waals surface area contributed by atoms with Crippen LogP contribution < -0.4 is 4.74 Å². The zero-order chi connectivity index (χ0) is 22.1. The lowest BCUT2D eigenvalue weighted by molar-refractivity contribution is -0.212. The number of hydrogen-bond acceptors (Lipinski definition) is 5. The van der Waals surface area contributed by atoms with E-state index in [1.54, 1.807) is 13.8 Å². The highest BCUT2D eigenvalue weighted by Gasteiger charge is 2.61. The van der Waals surface area contributed by atoms with Gasteiger partial charge in [0.15, 0.2) is 16.5 Å². The van der Waals surface area contributed by atoms with Crippen molar-refractivity contribution in [2.45, 2.75) is 81.3 Å². The number of benzene rings is 1. The second-order valence-electron chi connectivity index (χ2n) is 9.57. The molecule has 0 heterocycles. The maximum absolute atomic E-state index is 15.0. The molecule has 4 aliphatic rings. The molecule has 4 saturated carbocycles. The van der Waals surface area contributed by atoms with Gasteiger partial charge in [0.2, 0.25) is 0 Å². The molecule has 9 heteroatoms. The Kier molecular flexibility index (Phi) is 4.93. The molecule has 30 heavy (non-hydrogen) atoms. The Balaban J connectivity index is 1.77. The van der Waals surface area contributed by atoms with Crippen LogP contribution in [0.15, 0.2) is 11.0 Å². The summed E-state index contributed by atoms with van der Waals surface area (Å²) in [6.45, 7) is 4.65. The van der Waals surface area contributed by atoms with Gasteiger partial charge in [0.05, 0.1) is 0 Å². The van der Waals surface area contributed by atoms with E-state index in [1.165, 1.54) is 6.92 Å². The SMILES string of the molecule is CC(=O)OC12CC3CC(C1)CC(Oc1cc(F)c(S(=O)(=O)O)c(F)c1C(C)C)(C3)C2. The number of hydrogen-bond donors (Lipinski definition) is 1. The van der Waals surface area contributed by atoms with Gasteiger partial charge in [-0.2, -0.15) is 8.42 Å². The van der Waals surface area contributed by atoms with Gasteiger partial charge < -0.3 is 9.47 Å². The van der Waals surface area contributed by atoms with Crippen molar-refractivity contribution in [2.75, 3.05) is 0 Å². The predicted molar refractivity (Wildman–Crippen MR) is 103 cm³/mol. The standard InChI is InChI=1S/C21H26F2O6S/c1-11(2)17-16(5-15(22)19(18(17)23)30(25,26)27)29-21-8-13-4-14(9-21)7-20(6-13,10-21)28-12(3)24/h5,11,13-14H,4,6-10H2,1-3H3,(H,25,26,27). The number of carbonyl (C=O) groups is 1. The summed E-state index contributed by atoms with van der Waals surface area (Å²) in [5.74, 6) is -3.08. The molecule has 0 spiro atoms. The topological polar surface area (TPSA) is 89.9 Å². The molecular formula is C21H26F2O6S. The van der Waals surface area contributed by atoms with Crippen LogP contribution in [0.5, 0.6) is 5.75 Å². The first-order chi connectivity index (χ1) is 13.8. The van der Waals surface area contributed by atoms with Crippen molar-refractivity contribution in [2.24, 2.45) is 11.8 Å². The highest BCUT2D eigenvalue weighted by atomic mass is 32.2. The Morgan fingerprint density at radius 1 is 1.17 bits per heavy atom. The van der Waals surface area contributed by atoms with Crippen molar-refractivity contribution >= 4 is 16.1 Å². The smallest absolute Gasteiger partial charge is 0.303 e. The van der Waals surface area contributed by atoms with E-state index in [1.807, 2.05) is 0 Å². The van der Waals surface area contributed by atoms with Gasteiger partial charge in [-0.3, -0.25) is 9.35 Å². The quantitative estimate of drug-likeness (QED) is 0.536. The van der Waals surface area contributed by atoms with Gasteiger partial charge >= 0.3 is 5.97 Å². The van der Waals surface area contributed by atoms with Gasteiger partial charge in [-0.15, -0.1) is 0 Å². The third kappa shape index (κ3) is 3.60. The average molecular weight is 444 g/mol. The number of rotatable bonds is 5. The summed E-state index contributed by atoms with van der Waals surface area (Å²) in [5.41, 5.74) is -1.46. The minimum atomic E-state index is -5.08. The fourth-order valence-electron chi connectivity index (χ4n) is 6.33. The van der Waals surface area contributed by atoms with Crippen molar-refractivity contribution < 1.29 is 36.0 Å². The molecule has 2 unspecified atom stereocenters. The van der Waals surface area contributed by atoms with Gasteiger partial charge in [-0.1, -0.05) is 13.8 Å². The first-order valence-electron chi connectivity index (χ1n) is 10.2. The second kappa shape index (κ2) is 6.88. The first-order valence-corrected chi connectivity index (χ1v) is 11.7. The van der Waals surface area contributed by atoms with Crippen LogP contribution in [0.25, 0.3) is 0 Å². The molecule has 6 nitrogen and oxygen atoms in total. The highest BCUT2D eigenvalue weighted by molar-refractivity contribution is 7.85. The molecule has 0 amide bonds. The molecule has 0 aromatic heterocycles. The monoisotopic (exact) mass is 444 g/mol. The molecule has 5 rings (SSSR count). The van der Waals surface area contributed by atoms with Crippen LogP contribution in [0.3, 0.4) is 0 Å². The Bertz CT molecular complexity index is 989. The van der Waals surface area contributed by atoms with E-state index in [9.17, 15) is 22.2 Å². The molecule has 4 fully saturated rings. The third-order valence-corrected chi connectivity index (χ3v) is 7.54. The van der Waals surface area contributed by atoms with Crippen molar-refractivity contribution in [3.05, 3.63) is 23.3 Å². The fraction of sp³-hybridized carbons (Fsp3) is 0.667. The van der Waals surface area contributed by atoms with Gasteiger partial charge in [0.1, 0.15) is 17.0 Å². The summed E-state index contributed by atoms with van der Waals surface area (Å²) >= 11 is 0. The molecule has 2 atom stereocenters. The van der Waals surface area contributed by atoms with Crippen LogP contribution in [0.4, 0.5) is 8.78 Å². The largest absolute Gasteiger partial charge is 0.487 e. The lowest BCUT2D eigenvalue weighted by atomic mass is 9.52. The maximum Gasteiger partial charge on any atom is 0.303 e. The molecule has 166 valence electrons. The summed E-state index contributed by atoms with van der Waals surface area (Å²) in [6.07, 6.45) is 4.34.